The van der Waals surface area contributed by atoms with E-state index >= 15 is 0 Å². The first-order chi connectivity index (χ1) is 11.7. The van der Waals surface area contributed by atoms with E-state index in [0.29, 0.717) is 30.6 Å². The van der Waals surface area contributed by atoms with Crippen molar-refractivity contribution < 1.29 is 9.32 Å². The summed E-state index contributed by atoms with van der Waals surface area (Å²) < 4.78 is 5.26. The first-order valence-corrected chi connectivity index (χ1v) is 9.44. The van der Waals surface area contributed by atoms with Crippen LogP contribution in [0.15, 0.2) is 21.3 Å². The number of nitrogens with zero attached hydrogens (tertiary/aromatic N) is 4. The molecule has 0 atom stereocenters. The SMILES string of the molecule is CCN1CCC(N(C)C(=O)CCc2nc(-c3ccsc3)no2)CC1. The highest BCUT2D eigenvalue weighted by Gasteiger charge is 2.24. The molecule has 0 N–H and O–H groups in total. The van der Waals surface area contributed by atoms with Gasteiger partial charge >= 0.3 is 0 Å². The average Bonchev–Trinajstić information content (AvgIpc) is 3.30. The quantitative estimate of drug-likeness (QED) is 0.803. The predicted molar refractivity (Wildman–Crippen MR) is 93.8 cm³/mol. The average molecular weight is 348 g/mol. The summed E-state index contributed by atoms with van der Waals surface area (Å²) in [5.74, 6) is 1.28. The van der Waals surface area contributed by atoms with Crippen LogP contribution in [0.2, 0.25) is 0 Å². The maximum atomic E-state index is 12.4. The Kier molecular flexibility index (Phi) is 5.63. The molecule has 24 heavy (non-hydrogen) atoms. The standard InChI is InChI=1S/C17H24N4O2S/c1-3-21-9-6-14(7-10-21)20(2)16(22)5-4-15-18-17(19-23-15)13-8-11-24-12-13/h8,11-12,14H,3-7,9-10H2,1-2H3. The molecule has 1 aliphatic heterocycles. The number of amides is 1. The topological polar surface area (TPSA) is 62.5 Å². The zero-order valence-corrected chi connectivity index (χ0v) is 15.1. The summed E-state index contributed by atoms with van der Waals surface area (Å²) in [5.41, 5.74) is 0.959. The summed E-state index contributed by atoms with van der Waals surface area (Å²) in [5, 5.41) is 7.94. The maximum Gasteiger partial charge on any atom is 0.227 e. The molecule has 0 aliphatic carbocycles. The van der Waals surface area contributed by atoms with Crippen LogP contribution >= 0.6 is 11.3 Å². The number of hydrogen-bond acceptors (Lipinski definition) is 6. The third-order valence-corrected chi connectivity index (χ3v) is 5.43. The Labute approximate surface area is 146 Å². The van der Waals surface area contributed by atoms with Crippen molar-refractivity contribution in [1.29, 1.82) is 0 Å². The summed E-state index contributed by atoms with van der Waals surface area (Å²) >= 11 is 1.60. The minimum absolute atomic E-state index is 0.153. The number of hydrogen-bond donors (Lipinski definition) is 0. The van der Waals surface area contributed by atoms with Gasteiger partial charge in [-0.25, -0.2) is 0 Å². The van der Waals surface area contributed by atoms with Crippen molar-refractivity contribution >= 4 is 17.2 Å². The van der Waals surface area contributed by atoms with Crippen molar-refractivity contribution in [3.05, 3.63) is 22.7 Å². The highest BCUT2D eigenvalue weighted by Crippen LogP contribution is 2.20. The van der Waals surface area contributed by atoms with Crippen LogP contribution in [0.3, 0.4) is 0 Å². The third-order valence-electron chi connectivity index (χ3n) is 4.75. The first kappa shape index (κ1) is 17.1. The van der Waals surface area contributed by atoms with Gasteiger partial charge in [0, 0.05) is 50.0 Å². The van der Waals surface area contributed by atoms with Gasteiger partial charge in [0.15, 0.2) is 0 Å². The number of aromatic nitrogens is 2. The molecule has 2 aromatic heterocycles. The summed E-state index contributed by atoms with van der Waals surface area (Å²) in [6, 6.07) is 2.31. The third kappa shape index (κ3) is 4.02. The van der Waals surface area contributed by atoms with Crippen LogP contribution in [0, 0.1) is 0 Å². The molecule has 0 bridgehead atoms. The van der Waals surface area contributed by atoms with Crippen molar-refractivity contribution in [2.24, 2.45) is 0 Å². The molecule has 0 spiro atoms. The maximum absolute atomic E-state index is 12.4. The van der Waals surface area contributed by atoms with Crippen molar-refractivity contribution in [1.82, 2.24) is 19.9 Å². The number of thiophene rings is 1. The Morgan fingerprint density at radius 1 is 1.46 bits per heavy atom. The fraction of sp³-hybridized carbons (Fsp3) is 0.588. The van der Waals surface area contributed by atoms with Crippen molar-refractivity contribution in [3.8, 4) is 11.4 Å². The number of carbonyl (C=O) groups is 1. The second-order valence-corrected chi connectivity index (χ2v) is 6.97. The highest BCUT2D eigenvalue weighted by atomic mass is 32.1. The van der Waals surface area contributed by atoms with E-state index in [0.717, 1.165) is 38.0 Å². The second kappa shape index (κ2) is 7.90. The van der Waals surface area contributed by atoms with Gasteiger partial charge in [0.05, 0.1) is 0 Å². The molecule has 0 radical (unpaired) electrons. The van der Waals surface area contributed by atoms with Crippen LogP contribution in [0.5, 0.6) is 0 Å². The van der Waals surface area contributed by atoms with E-state index in [1.807, 2.05) is 28.8 Å². The van der Waals surface area contributed by atoms with Crippen molar-refractivity contribution in [2.75, 3.05) is 26.7 Å². The van der Waals surface area contributed by atoms with E-state index in [2.05, 4.69) is 22.0 Å². The summed E-state index contributed by atoms with van der Waals surface area (Å²) in [6.45, 7) is 5.43. The van der Waals surface area contributed by atoms with Gasteiger partial charge in [0.1, 0.15) is 0 Å². The zero-order chi connectivity index (χ0) is 16.9. The normalized spacial score (nSPS) is 16.4. The van der Waals surface area contributed by atoms with Gasteiger partial charge in [-0.05, 0) is 30.8 Å². The Balaban J connectivity index is 1.48. The number of aryl methyl sites for hydroxylation is 1. The van der Waals surface area contributed by atoms with Gasteiger partial charge in [-0.3, -0.25) is 4.79 Å². The molecule has 0 unspecified atom stereocenters. The van der Waals surface area contributed by atoms with E-state index in [-0.39, 0.29) is 5.91 Å². The van der Waals surface area contributed by atoms with Crippen LogP contribution in [-0.4, -0.2) is 58.6 Å². The minimum atomic E-state index is 0.153. The highest BCUT2D eigenvalue weighted by molar-refractivity contribution is 7.08. The van der Waals surface area contributed by atoms with Gasteiger partial charge in [-0.1, -0.05) is 12.1 Å². The van der Waals surface area contributed by atoms with Gasteiger partial charge in [0.2, 0.25) is 17.6 Å². The molecule has 7 heteroatoms. The molecule has 1 aliphatic rings. The largest absolute Gasteiger partial charge is 0.343 e. The fourth-order valence-electron chi connectivity index (χ4n) is 3.08. The second-order valence-electron chi connectivity index (χ2n) is 6.19. The molecule has 2 aromatic rings. The molecule has 1 fully saturated rings. The van der Waals surface area contributed by atoms with E-state index in [1.54, 1.807) is 11.3 Å². The molecular formula is C17H24N4O2S. The minimum Gasteiger partial charge on any atom is -0.343 e. The summed E-state index contributed by atoms with van der Waals surface area (Å²) in [7, 11) is 1.92. The molecule has 1 saturated heterocycles. The number of likely N-dealkylation sites (tertiary alicyclic amines) is 1. The van der Waals surface area contributed by atoms with Gasteiger partial charge in [-0.2, -0.15) is 16.3 Å². The lowest BCUT2D eigenvalue weighted by atomic mass is 10.0. The zero-order valence-electron chi connectivity index (χ0n) is 14.3. The number of rotatable bonds is 6. The van der Waals surface area contributed by atoms with Crippen LogP contribution in [0.4, 0.5) is 0 Å². The van der Waals surface area contributed by atoms with E-state index in [9.17, 15) is 4.79 Å². The molecule has 0 saturated carbocycles. The molecule has 6 nitrogen and oxygen atoms in total. The number of carbonyl (C=O) groups excluding carboxylic acids is 1. The van der Waals surface area contributed by atoms with Crippen LogP contribution < -0.4 is 0 Å². The lowest BCUT2D eigenvalue weighted by Crippen LogP contribution is -2.45. The molecule has 0 aromatic carbocycles. The van der Waals surface area contributed by atoms with Crippen molar-refractivity contribution in [2.45, 2.75) is 38.6 Å². The predicted octanol–water partition coefficient (Wildman–Crippen LogP) is 2.67. The van der Waals surface area contributed by atoms with E-state index in [4.69, 9.17) is 4.52 Å². The molecule has 3 rings (SSSR count). The Hall–Kier alpha value is -1.73. The monoisotopic (exact) mass is 348 g/mol. The number of piperidine rings is 1. The smallest absolute Gasteiger partial charge is 0.227 e. The van der Waals surface area contributed by atoms with E-state index in [1.165, 1.54) is 0 Å². The lowest BCUT2D eigenvalue weighted by molar-refractivity contribution is -0.132. The van der Waals surface area contributed by atoms with Crippen LogP contribution in [0.25, 0.3) is 11.4 Å². The summed E-state index contributed by atoms with van der Waals surface area (Å²) in [4.78, 5) is 21.1. The van der Waals surface area contributed by atoms with E-state index < -0.39 is 0 Å². The fourth-order valence-corrected chi connectivity index (χ4v) is 3.72. The molecule has 130 valence electrons. The van der Waals surface area contributed by atoms with Crippen LogP contribution in [-0.2, 0) is 11.2 Å². The van der Waals surface area contributed by atoms with Gasteiger partial charge in [-0.15, -0.1) is 0 Å². The summed E-state index contributed by atoms with van der Waals surface area (Å²) in [6.07, 6.45) is 3.02. The van der Waals surface area contributed by atoms with Crippen LogP contribution in [0.1, 0.15) is 32.1 Å². The lowest BCUT2D eigenvalue weighted by Gasteiger charge is -2.36. The van der Waals surface area contributed by atoms with Gasteiger partial charge in [0.25, 0.3) is 0 Å². The Morgan fingerprint density at radius 3 is 2.92 bits per heavy atom. The molecule has 1 amide bonds. The molecular weight excluding hydrogens is 324 g/mol. The van der Waals surface area contributed by atoms with Gasteiger partial charge < -0.3 is 14.3 Å². The van der Waals surface area contributed by atoms with Crippen molar-refractivity contribution in [3.63, 3.8) is 0 Å². The Morgan fingerprint density at radius 2 is 2.25 bits per heavy atom. The molecule has 3 heterocycles. The first-order valence-electron chi connectivity index (χ1n) is 8.50. The Bertz CT molecular complexity index is 647.